The maximum absolute atomic E-state index is 14.0. The molecule has 7 nitrogen and oxygen atoms in total. The third-order valence-electron chi connectivity index (χ3n) is 3.99. The summed E-state index contributed by atoms with van der Waals surface area (Å²) < 4.78 is 61.0. The van der Waals surface area contributed by atoms with Crippen LogP contribution in [0.25, 0.3) is 11.3 Å². The van der Waals surface area contributed by atoms with E-state index in [1.807, 2.05) is 4.72 Å². The number of sulfonamides is 1. The van der Waals surface area contributed by atoms with E-state index in [4.69, 9.17) is 16.3 Å². The lowest BCUT2D eigenvalue weighted by Gasteiger charge is -2.09. The number of aromatic nitrogens is 2. The summed E-state index contributed by atoms with van der Waals surface area (Å²) in [5, 5.41) is 3.73. The Labute approximate surface area is 169 Å². The van der Waals surface area contributed by atoms with Gasteiger partial charge in [0.1, 0.15) is 22.3 Å². The molecule has 0 unspecified atom stereocenters. The van der Waals surface area contributed by atoms with Gasteiger partial charge in [0, 0.05) is 13.1 Å². The molecule has 152 valence electrons. The van der Waals surface area contributed by atoms with Crippen molar-refractivity contribution >= 4 is 27.5 Å². The van der Waals surface area contributed by atoms with Crippen molar-refractivity contribution in [2.75, 3.05) is 7.11 Å². The minimum atomic E-state index is -4.36. The van der Waals surface area contributed by atoms with Gasteiger partial charge in [-0.2, -0.15) is 5.10 Å². The van der Waals surface area contributed by atoms with Crippen molar-refractivity contribution < 1.29 is 26.7 Å². The van der Waals surface area contributed by atoms with Gasteiger partial charge in [0.2, 0.25) is 0 Å². The zero-order valence-corrected chi connectivity index (χ0v) is 16.7. The van der Waals surface area contributed by atoms with Crippen molar-refractivity contribution in [2.24, 2.45) is 7.05 Å². The molecule has 1 N–H and O–H groups in total. The zero-order valence-electron chi connectivity index (χ0n) is 15.1. The number of methoxy groups -OCH3 is 1. The fraction of sp³-hybridized carbons (Fsp3) is 0.111. The molecule has 1 aromatic heterocycles. The SMILES string of the molecule is COc1ccc(Cl)c(S(=O)(=O)NC(=O)c2cc(-c3c(F)cccc3F)n(C)n2)c1. The summed E-state index contributed by atoms with van der Waals surface area (Å²) in [6, 6.07) is 8.30. The fourth-order valence-corrected chi connectivity index (χ4v) is 4.08. The number of aryl methyl sites for hydroxylation is 1. The van der Waals surface area contributed by atoms with Crippen LogP contribution in [0.5, 0.6) is 5.75 Å². The number of carbonyl (C=O) groups is 1. The Morgan fingerprint density at radius 2 is 1.83 bits per heavy atom. The number of benzene rings is 2. The van der Waals surface area contributed by atoms with Crippen molar-refractivity contribution in [3.63, 3.8) is 0 Å². The number of ether oxygens (including phenoxy) is 1. The van der Waals surface area contributed by atoms with Crippen molar-refractivity contribution in [3.05, 3.63) is 64.8 Å². The van der Waals surface area contributed by atoms with Crippen LogP contribution >= 0.6 is 11.6 Å². The van der Waals surface area contributed by atoms with Gasteiger partial charge in [0.25, 0.3) is 15.9 Å². The van der Waals surface area contributed by atoms with Gasteiger partial charge < -0.3 is 4.74 Å². The van der Waals surface area contributed by atoms with Crippen LogP contribution < -0.4 is 9.46 Å². The zero-order chi connectivity index (χ0) is 21.3. The predicted molar refractivity (Wildman–Crippen MR) is 101 cm³/mol. The van der Waals surface area contributed by atoms with E-state index in [-0.39, 0.29) is 32.6 Å². The molecular weight excluding hydrogens is 428 g/mol. The minimum absolute atomic E-state index is 0.0393. The van der Waals surface area contributed by atoms with Crippen LogP contribution in [0.4, 0.5) is 8.78 Å². The van der Waals surface area contributed by atoms with Crippen LogP contribution in [0, 0.1) is 11.6 Å². The van der Waals surface area contributed by atoms with Crippen LogP contribution in [0.1, 0.15) is 10.5 Å². The average Bonchev–Trinajstić information content (AvgIpc) is 3.03. The molecule has 1 amide bonds. The standard InChI is InChI=1S/C18H14ClF2N3O4S/c1-24-15(17-12(20)4-3-5-13(17)21)9-14(22-24)18(25)23-29(26,27)16-8-10(28-2)6-7-11(16)19/h3-9H,1-2H3,(H,23,25). The average molecular weight is 442 g/mol. The molecule has 0 saturated carbocycles. The van der Waals surface area contributed by atoms with Gasteiger partial charge in [-0.15, -0.1) is 0 Å². The third kappa shape index (κ3) is 4.08. The van der Waals surface area contributed by atoms with E-state index in [9.17, 15) is 22.0 Å². The van der Waals surface area contributed by atoms with Crippen molar-refractivity contribution in [2.45, 2.75) is 4.90 Å². The lowest BCUT2D eigenvalue weighted by molar-refractivity contribution is 0.0976. The smallest absolute Gasteiger partial charge is 0.285 e. The van der Waals surface area contributed by atoms with Crippen LogP contribution in [-0.4, -0.2) is 31.2 Å². The fourth-order valence-electron chi connectivity index (χ4n) is 2.60. The third-order valence-corrected chi connectivity index (χ3v) is 5.80. The van der Waals surface area contributed by atoms with E-state index in [1.165, 1.54) is 32.4 Å². The van der Waals surface area contributed by atoms with Crippen molar-refractivity contribution in [1.29, 1.82) is 0 Å². The van der Waals surface area contributed by atoms with Crippen molar-refractivity contribution in [1.82, 2.24) is 14.5 Å². The quantitative estimate of drug-likeness (QED) is 0.657. The summed E-state index contributed by atoms with van der Waals surface area (Å²) in [5.41, 5.74) is -0.782. The number of carbonyl (C=O) groups excluding carboxylic acids is 1. The lowest BCUT2D eigenvalue weighted by atomic mass is 10.1. The monoisotopic (exact) mass is 441 g/mol. The highest BCUT2D eigenvalue weighted by Crippen LogP contribution is 2.28. The molecule has 29 heavy (non-hydrogen) atoms. The molecule has 0 bridgehead atoms. The summed E-state index contributed by atoms with van der Waals surface area (Å²) in [5.74, 6) is -2.58. The summed E-state index contributed by atoms with van der Waals surface area (Å²) in [4.78, 5) is 12.1. The van der Waals surface area contributed by atoms with Gasteiger partial charge in [-0.05, 0) is 30.3 Å². The molecule has 0 saturated heterocycles. The number of nitrogens with zero attached hydrogens (tertiary/aromatic N) is 2. The Balaban J connectivity index is 1.95. The number of hydrogen-bond acceptors (Lipinski definition) is 5. The van der Waals surface area contributed by atoms with Crippen LogP contribution in [0.15, 0.2) is 47.4 Å². The molecule has 3 aromatic rings. The minimum Gasteiger partial charge on any atom is -0.497 e. The first kappa shape index (κ1) is 20.7. The van der Waals surface area contributed by atoms with Crippen LogP contribution in [-0.2, 0) is 17.1 Å². The number of amides is 1. The Bertz CT molecular complexity index is 1190. The van der Waals surface area contributed by atoms with E-state index >= 15 is 0 Å². The van der Waals surface area contributed by atoms with Gasteiger partial charge >= 0.3 is 0 Å². The number of rotatable bonds is 5. The van der Waals surface area contributed by atoms with E-state index in [0.29, 0.717) is 0 Å². The highest BCUT2D eigenvalue weighted by Gasteiger charge is 2.25. The van der Waals surface area contributed by atoms with Gasteiger partial charge in [0.05, 0.1) is 23.4 Å². The van der Waals surface area contributed by atoms with Crippen LogP contribution in [0.2, 0.25) is 5.02 Å². The van der Waals surface area contributed by atoms with Gasteiger partial charge in [-0.25, -0.2) is 21.9 Å². The summed E-state index contributed by atoms with van der Waals surface area (Å²) in [6.07, 6.45) is 0. The van der Waals surface area contributed by atoms with Gasteiger partial charge in [-0.1, -0.05) is 17.7 Å². The van der Waals surface area contributed by atoms with E-state index in [0.717, 1.165) is 28.9 Å². The van der Waals surface area contributed by atoms with E-state index in [1.54, 1.807) is 0 Å². The molecule has 3 rings (SSSR count). The predicted octanol–water partition coefficient (Wildman–Crippen LogP) is 3.15. The summed E-state index contributed by atoms with van der Waals surface area (Å²) in [6.45, 7) is 0. The first-order valence-electron chi connectivity index (χ1n) is 8.03. The molecule has 0 fully saturated rings. The van der Waals surface area contributed by atoms with Crippen molar-refractivity contribution in [3.8, 4) is 17.0 Å². The Hall–Kier alpha value is -2.98. The summed E-state index contributed by atoms with van der Waals surface area (Å²) >= 11 is 5.92. The number of nitrogens with one attached hydrogen (secondary N) is 1. The molecule has 0 aliphatic carbocycles. The van der Waals surface area contributed by atoms with Crippen LogP contribution in [0.3, 0.4) is 0 Å². The molecule has 0 aliphatic rings. The second kappa shape index (κ2) is 7.80. The normalized spacial score (nSPS) is 11.3. The maximum atomic E-state index is 14.0. The maximum Gasteiger partial charge on any atom is 0.285 e. The second-order valence-electron chi connectivity index (χ2n) is 5.87. The van der Waals surface area contributed by atoms with Gasteiger partial charge in [0.15, 0.2) is 5.69 Å². The molecule has 11 heteroatoms. The molecule has 0 spiro atoms. The highest BCUT2D eigenvalue weighted by atomic mass is 35.5. The molecule has 0 atom stereocenters. The van der Waals surface area contributed by atoms with E-state index in [2.05, 4.69) is 5.10 Å². The largest absolute Gasteiger partial charge is 0.497 e. The summed E-state index contributed by atoms with van der Waals surface area (Å²) in [7, 11) is -1.66. The number of hydrogen-bond donors (Lipinski definition) is 1. The molecular formula is C18H14ClF2N3O4S. The molecule has 2 aromatic carbocycles. The topological polar surface area (TPSA) is 90.3 Å². The Morgan fingerprint density at radius 3 is 2.45 bits per heavy atom. The Morgan fingerprint density at radius 1 is 1.17 bits per heavy atom. The van der Waals surface area contributed by atoms with E-state index < -0.39 is 27.6 Å². The molecule has 1 heterocycles. The van der Waals surface area contributed by atoms with Gasteiger partial charge in [-0.3, -0.25) is 9.48 Å². The Kier molecular flexibility index (Phi) is 5.58. The lowest BCUT2D eigenvalue weighted by Crippen LogP contribution is -2.31. The number of halogens is 3. The molecule has 0 radical (unpaired) electrons. The first-order chi connectivity index (χ1) is 13.6. The first-order valence-corrected chi connectivity index (χ1v) is 9.89. The highest BCUT2D eigenvalue weighted by molar-refractivity contribution is 7.90. The molecule has 0 aliphatic heterocycles. The second-order valence-corrected chi connectivity index (χ2v) is 7.92.